The molecule has 2 atom stereocenters. The van der Waals surface area contributed by atoms with E-state index in [1.807, 2.05) is 35.2 Å². The Labute approximate surface area is 147 Å². The first kappa shape index (κ1) is 15.1. The number of likely N-dealkylation sites (tertiary alicyclic amines) is 1. The number of rotatable bonds is 2. The first-order chi connectivity index (χ1) is 11.1. The van der Waals surface area contributed by atoms with Crippen LogP contribution in [0.5, 0.6) is 0 Å². The number of amides is 1. The van der Waals surface area contributed by atoms with E-state index < -0.39 is 0 Å². The highest BCUT2D eigenvalue weighted by Gasteiger charge is 2.38. The summed E-state index contributed by atoms with van der Waals surface area (Å²) in [6, 6.07) is 8.38. The van der Waals surface area contributed by atoms with Crippen molar-refractivity contribution in [3.05, 3.63) is 45.5 Å². The second-order valence-corrected chi connectivity index (χ2v) is 7.81. The van der Waals surface area contributed by atoms with Crippen LogP contribution in [0.15, 0.2) is 45.1 Å². The molecule has 0 aromatic heterocycles. The summed E-state index contributed by atoms with van der Waals surface area (Å²) in [5.41, 5.74) is 1.18. The maximum Gasteiger partial charge on any atom is 0.281 e. The van der Waals surface area contributed by atoms with E-state index in [4.69, 9.17) is 0 Å². The van der Waals surface area contributed by atoms with Gasteiger partial charge >= 0.3 is 0 Å². The maximum atomic E-state index is 12.9. The van der Waals surface area contributed by atoms with Crippen LogP contribution in [0.25, 0.3) is 0 Å². The molecule has 1 aromatic rings. The van der Waals surface area contributed by atoms with Gasteiger partial charge in [-0.1, -0.05) is 28.1 Å². The Morgan fingerprint density at radius 3 is 3.13 bits per heavy atom. The standard InChI is InChI=1S/C16H17BrN4OS/c1-10-18-9-14-21(10)19-15(23-14)16(22)20-7-3-6-13(20)11-4-2-5-12(17)8-11/h2,4-5,8-10,13,18H,3,6-7H2,1H3. The Hall–Kier alpha value is -1.47. The zero-order valence-electron chi connectivity index (χ0n) is 12.7. The quantitative estimate of drug-likeness (QED) is 0.838. The Morgan fingerprint density at radius 2 is 2.35 bits per heavy atom. The van der Waals surface area contributed by atoms with E-state index in [2.05, 4.69) is 38.5 Å². The molecule has 1 fully saturated rings. The van der Waals surface area contributed by atoms with Crippen LogP contribution in [-0.4, -0.2) is 33.6 Å². The van der Waals surface area contributed by atoms with Crippen molar-refractivity contribution in [2.24, 2.45) is 5.10 Å². The molecule has 1 amide bonds. The molecule has 3 heterocycles. The van der Waals surface area contributed by atoms with Crippen molar-refractivity contribution in [3.63, 3.8) is 0 Å². The van der Waals surface area contributed by atoms with Crippen LogP contribution in [0.4, 0.5) is 0 Å². The van der Waals surface area contributed by atoms with Gasteiger partial charge in [0.15, 0.2) is 5.04 Å². The molecule has 0 bridgehead atoms. The van der Waals surface area contributed by atoms with Gasteiger partial charge in [0.2, 0.25) is 0 Å². The van der Waals surface area contributed by atoms with E-state index in [0.717, 1.165) is 28.9 Å². The number of benzene rings is 1. The van der Waals surface area contributed by atoms with Gasteiger partial charge in [-0.3, -0.25) is 4.79 Å². The largest absolute Gasteiger partial charge is 0.368 e. The minimum atomic E-state index is 0.0416. The molecule has 3 aliphatic heterocycles. The molecular formula is C16H17BrN4OS. The van der Waals surface area contributed by atoms with Gasteiger partial charge in [-0.15, -0.1) is 0 Å². The van der Waals surface area contributed by atoms with Crippen molar-refractivity contribution >= 4 is 38.6 Å². The number of fused-ring (bicyclic) bond motifs is 1. The van der Waals surface area contributed by atoms with E-state index in [9.17, 15) is 4.79 Å². The summed E-state index contributed by atoms with van der Waals surface area (Å²) in [7, 11) is 0. The minimum absolute atomic E-state index is 0.0416. The van der Waals surface area contributed by atoms with E-state index in [1.165, 1.54) is 17.3 Å². The summed E-state index contributed by atoms with van der Waals surface area (Å²) in [6.45, 7) is 2.82. The molecule has 0 aliphatic carbocycles. The lowest BCUT2D eigenvalue weighted by molar-refractivity contribution is -0.124. The lowest BCUT2D eigenvalue weighted by Gasteiger charge is -2.24. The minimum Gasteiger partial charge on any atom is -0.368 e. The summed E-state index contributed by atoms with van der Waals surface area (Å²) in [6.07, 6.45) is 4.08. The van der Waals surface area contributed by atoms with Crippen LogP contribution in [0, 0.1) is 0 Å². The van der Waals surface area contributed by atoms with Crippen LogP contribution < -0.4 is 5.32 Å². The molecule has 5 nitrogen and oxygen atoms in total. The monoisotopic (exact) mass is 392 g/mol. The van der Waals surface area contributed by atoms with E-state index in [0.29, 0.717) is 5.04 Å². The molecule has 0 saturated carbocycles. The van der Waals surface area contributed by atoms with Gasteiger partial charge in [0, 0.05) is 17.2 Å². The fraction of sp³-hybridized carbons (Fsp3) is 0.375. The molecule has 23 heavy (non-hydrogen) atoms. The predicted molar refractivity (Wildman–Crippen MR) is 95.4 cm³/mol. The fourth-order valence-electron chi connectivity index (χ4n) is 3.23. The molecule has 0 spiro atoms. The van der Waals surface area contributed by atoms with Crippen molar-refractivity contribution in [3.8, 4) is 0 Å². The normalized spacial score (nSPS) is 26.0. The summed E-state index contributed by atoms with van der Waals surface area (Å²) < 4.78 is 1.05. The average Bonchev–Trinajstić information content (AvgIpc) is 3.24. The van der Waals surface area contributed by atoms with Crippen LogP contribution >= 0.6 is 27.7 Å². The van der Waals surface area contributed by atoms with Crippen molar-refractivity contribution in [2.45, 2.75) is 32.0 Å². The van der Waals surface area contributed by atoms with Crippen molar-refractivity contribution in [1.29, 1.82) is 0 Å². The summed E-state index contributed by atoms with van der Waals surface area (Å²) in [5.74, 6) is 0.0416. The molecule has 4 rings (SSSR count). The summed E-state index contributed by atoms with van der Waals surface area (Å²) >= 11 is 4.97. The zero-order valence-corrected chi connectivity index (χ0v) is 15.1. The second kappa shape index (κ2) is 5.87. The number of thioether (sulfide) groups is 1. The fourth-order valence-corrected chi connectivity index (χ4v) is 4.60. The van der Waals surface area contributed by atoms with Crippen LogP contribution in [0.2, 0.25) is 0 Å². The molecule has 1 aromatic carbocycles. The number of carbonyl (C=O) groups is 1. The first-order valence-electron chi connectivity index (χ1n) is 7.72. The Bertz CT molecular complexity index is 720. The maximum absolute atomic E-state index is 12.9. The van der Waals surface area contributed by atoms with Gasteiger partial charge in [0.1, 0.15) is 11.2 Å². The topological polar surface area (TPSA) is 47.9 Å². The second-order valence-electron chi connectivity index (χ2n) is 5.89. The lowest BCUT2D eigenvalue weighted by Crippen LogP contribution is -2.35. The third kappa shape index (κ3) is 2.65. The Morgan fingerprint density at radius 1 is 1.48 bits per heavy atom. The summed E-state index contributed by atoms with van der Waals surface area (Å²) in [4.78, 5) is 14.9. The van der Waals surface area contributed by atoms with Gasteiger partial charge in [-0.05, 0) is 49.2 Å². The summed E-state index contributed by atoms with van der Waals surface area (Å²) in [5, 5.41) is 11.2. The lowest BCUT2D eigenvalue weighted by atomic mass is 10.0. The molecule has 120 valence electrons. The predicted octanol–water partition coefficient (Wildman–Crippen LogP) is 3.22. The molecule has 7 heteroatoms. The average molecular weight is 393 g/mol. The van der Waals surface area contributed by atoms with E-state index in [1.54, 1.807) is 0 Å². The van der Waals surface area contributed by atoms with Crippen molar-refractivity contribution in [2.75, 3.05) is 6.54 Å². The molecule has 3 aliphatic rings. The smallest absolute Gasteiger partial charge is 0.281 e. The van der Waals surface area contributed by atoms with Gasteiger partial charge < -0.3 is 10.2 Å². The first-order valence-corrected chi connectivity index (χ1v) is 9.33. The number of nitrogens with zero attached hydrogens (tertiary/aromatic N) is 3. The van der Waals surface area contributed by atoms with Crippen LogP contribution in [0.1, 0.15) is 31.4 Å². The molecule has 1 saturated heterocycles. The number of halogens is 1. The number of carbonyl (C=O) groups excluding carboxylic acids is 1. The van der Waals surface area contributed by atoms with Crippen molar-refractivity contribution in [1.82, 2.24) is 15.2 Å². The van der Waals surface area contributed by atoms with E-state index >= 15 is 0 Å². The molecule has 1 N–H and O–H groups in total. The van der Waals surface area contributed by atoms with Crippen LogP contribution in [-0.2, 0) is 4.79 Å². The molecule has 0 radical (unpaired) electrons. The SMILES string of the molecule is CC1NC=C2SC(C(=O)N3CCCC3c3cccc(Br)c3)=NN21. The third-order valence-corrected chi connectivity index (χ3v) is 5.83. The highest BCUT2D eigenvalue weighted by Crippen LogP contribution is 2.38. The molecular weight excluding hydrogens is 376 g/mol. The highest BCUT2D eigenvalue weighted by atomic mass is 79.9. The zero-order chi connectivity index (χ0) is 16.0. The van der Waals surface area contributed by atoms with Gasteiger partial charge in [-0.25, -0.2) is 5.01 Å². The Kier molecular flexibility index (Phi) is 3.85. The number of hydrogen-bond donors (Lipinski definition) is 1. The third-order valence-electron chi connectivity index (χ3n) is 4.37. The number of hydrazone groups is 1. The van der Waals surface area contributed by atoms with E-state index in [-0.39, 0.29) is 18.1 Å². The Balaban J connectivity index is 1.56. The van der Waals surface area contributed by atoms with Gasteiger partial charge in [0.25, 0.3) is 5.91 Å². The van der Waals surface area contributed by atoms with Crippen molar-refractivity contribution < 1.29 is 4.79 Å². The van der Waals surface area contributed by atoms with Crippen LogP contribution in [0.3, 0.4) is 0 Å². The number of hydrogen-bond acceptors (Lipinski definition) is 5. The molecule has 2 unspecified atom stereocenters. The highest BCUT2D eigenvalue weighted by molar-refractivity contribution is 9.10. The number of nitrogens with one attached hydrogen (secondary N) is 1. The van der Waals surface area contributed by atoms with Gasteiger partial charge in [-0.2, -0.15) is 5.10 Å². The van der Waals surface area contributed by atoms with Gasteiger partial charge in [0.05, 0.1) is 6.04 Å².